The van der Waals surface area contributed by atoms with Crippen molar-refractivity contribution in [2.24, 2.45) is 5.92 Å². The number of benzene rings is 1. The second-order valence-corrected chi connectivity index (χ2v) is 9.56. The maximum atomic E-state index is 13.2. The molecule has 2 unspecified atom stereocenters. The largest absolute Gasteiger partial charge is 0.297 e. The molecule has 1 aliphatic heterocycles. The van der Waals surface area contributed by atoms with Gasteiger partial charge in [0.15, 0.2) is 10.9 Å². The molecule has 1 amide bonds. The summed E-state index contributed by atoms with van der Waals surface area (Å²) in [5.74, 6) is -3.06. The molecule has 3 heterocycles. The second-order valence-electron chi connectivity index (χ2n) is 6.62. The van der Waals surface area contributed by atoms with E-state index in [0.29, 0.717) is 20.6 Å². The highest BCUT2D eigenvalue weighted by molar-refractivity contribution is 7.16. The van der Waals surface area contributed by atoms with Crippen LogP contribution in [0.25, 0.3) is 0 Å². The second kappa shape index (κ2) is 7.65. The molecule has 0 radical (unpaired) electrons. The predicted molar refractivity (Wildman–Crippen MR) is 115 cm³/mol. The first kappa shape index (κ1) is 20.2. The first-order valence-corrected chi connectivity index (χ1v) is 11.1. The van der Waals surface area contributed by atoms with Crippen LogP contribution in [0.15, 0.2) is 35.7 Å². The van der Waals surface area contributed by atoms with Gasteiger partial charge in [0.2, 0.25) is 5.78 Å². The van der Waals surface area contributed by atoms with Crippen LogP contribution in [0.1, 0.15) is 31.8 Å². The molecule has 3 aromatic rings. The first-order chi connectivity index (χ1) is 13.8. The number of ketones is 2. The van der Waals surface area contributed by atoms with Crippen molar-refractivity contribution in [3.8, 4) is 0 Å². The fourth-order valence-corrected chi connectivity index (χ4v) is 5.26. The van der Waals surface area contributed by atoms with E-state index >= 15 is 0 Å². The SMILES string of the molecule is Cc1nc(N2C(=O)C(=O)C(C(=O)c3cccs3)C2c2ccc(Cl)c(Cl)c2)sc1C. The Balaban J connectivity index is 1.89. The van der Waals surface area contributed by atoms with E-state index in [1.807, 2.05) is 13.8 Å². The van der Waals surface area contributed by atoms with Gasteiger partial charge in [0.05, 0.1) is 26.7 Å². The maximum absolute atomic E-state index is 13.2. The Morgan fingerprint density at radius 3 is 2.48 bits per heavy atom. The molecule has 29 heavy (non-hydrogen) atoms. The summed E-state index contributed by atoms with van der Waals surface area (Å²) in [5.41, 5.74) is 1.32. The van der Waals surface area contributed by atoms with Gasteiger partial charge in [0.25, 0.3) is 5.91 Å². The van der Waals surface area contributed by atoms with Crippen molar-refractivity contribution in [3.63, 3.8) is 0 Å². The monoisotopic (exact) mass is 464 g/mol. The number of aryl methyl sites for hydroxylation is 2. The number of thiazole rings is 1. The number of amides is 1. The van der Waals surface area contributed by atoms with E-state index < -0.39 is 23.7 Å². The zero-order valence-corrected chi connectivity index (χ0v) is 18.5. The van der Waals surface area contributed by atoms with E-state index in [9.17, 15) is 14.4 Å². The Morgan fingerprint density at radius 2 is 1.90 bits per heavy atom. The van der Waals surface area contributed by atoms with Crippen molar-refractivity contribution in [3.05, 3.63) is 66.8 Å². The number of rotatable bonds is 4. The summed E-state index contributed by atoms with van der Waals surface area (Å²) in [6.45, 7) is 3.72. The van der Waals surface area contributed by atoms with Crippen LogP contribution in [0.2, 0.25) is 10.0 Å². The molecule has 0 bridgehead atoms. The highest BCUT2D eigenvalue weighted by Gasteiger charge is 2.53. The lowest BCUT2D eigenvalue weighted by molar-refractivity contribution is -0.135. The number of Topliss-reactive ketones (excluding diaryl/α,β-unsaturated/α-hetero) is 2. The molecular formula is C20H14Cl2N2O3S2. The summed E-state index contributed by atoms with van der Waals surface area (Å²) < 4.78 is 0. The fraction of sp³-hybridized carbons (Fsp3) is 0.200. The minimum absolute atomic E-state index is 0.282. The quantitative estimate of drug-likeness (QED) is 0.299. The number of halogens is 2. The molecule has 0 aliphatic carbocycles. The third-order valence-electron chi connectivity index (χ3n) is 4.86. The topological polar surface area (TPSA) is 67.3 Å². The summed E-state index contributed by atoms with van der Waals surface area (Å²) in [7, 11) is 0. The van der Waals surface area contributed by atoms with Gasteiger partial charge in [0.1, 0.15) is 5.92 Å². The van der Waals surface area contributed by atoms with Gasteiger partial charge in [-0.2, -0.15) is 0 Å². The van der Waals surface area contributed by atoms with E-state index in [1.165, 1.54) is 27.6 Å². The van der Waals surface area contributed by atoms with E-state index in [4.69, 9.17) is 23.2 Å². The lowest BCUT2D eigenvalue weighted by Gasteiger charge is -2.25. The molecule has 1 aliphatic rings. The van der Waals surface area contributed by atoms with Crippen LogP contribution in [-0.2, 0) is 9.59 Å². The summed E-state index contributed by atoms with van der Waals surface area (Å²) in [6.07, 6.45) is 0. The molecule has 9 heteroatoms. The highest BCUT2D eigenvalue weighted by atomic mass is 35.5. The number of hydrogen-bond donors (Lipinski definition) is 0. The van der Waals surface area contributed by atoms with E-state index in [2.05, 4.69) is 4.98 Å². The predicted octanol–water partition coefficient (Wildman–Crippen LogP) is 5.28. The smallest absolute Gasteiger partial charge is 0.292 e. The van der Waals surface area contributed by atoms with Crippen molar-refractivity contribution in [2.45, 2.75) is 19.9 Å². The minimum Gasteiger partial charge on any atom is -0.292 e. The Kier molecular flexibility index (Phi) is 5.33. The molecule has 5 nitrogen and oxygen atoms in total. The number of nitrogens with zero attached hydrogens (tertiary/aromatic N) is 2. The van der Waals surface area contributed by atoms with Gasteiger partial charge in [-0.15, -0.1) is 22.7 Å². The van der Waals surface area contributed by atoms with Crippen LogP contribution in [0.4, 0.5) is 5.13 Å². The van der Waals surface area contributed by atoms with Crippen molar-refractivity contribution in [1.82, 2.24) is 4.98 Å². The molecule has 148 valence electrons. The number of aromatic nitrogens is 1. The molecule has 1 aromatic carbocycles. The summed E-state index contributed by atoms with van der Waals surface area (Å²) in [6, 6.07) is 7.41. The lowest BCUT2D eigenvalue weighted by Crippen LogP contribution is -2.30. The highest BCUT2D eigenvalue weighted by Crippen LogP contribution is 2.44. The third kappa shape index (κ3) is 3.42. The summed E-state index contributed by atoms with van der Waals surface area (Å²) >= 11 is 14.8. The molecule has 4 rings (SSSR count). The Labute approximate surface area is 184 Å². The molecule has 2 atom stereocenters. The molecule has 0 saturated carbocycles. The van der Waals surface area contributed by atoms with Gasteiger partial charge in [-0.3, -0.25) is 19.3 Å². The average Bonchev–Trinajstić information content (AvgIpc) is 3.38. The number of carbonyl (C=O) groups is 3. The number of carbonyl (C=O) groups excluding carboxylic acids is 3. The molecule has 1 fully saturated rings. The molecule has 0 spiro atoms. The minimum atomic E-state index is -1.18. The Morgan fingerprint density at radius 1 is 1.14 bits per heavy atom. The zero-order chi connectivity index (χ0) is 20.9. The summed E-state index contributed by atoms with van der Waals surface area (Å²) in [4.78, 5) is 46.3. The van der Waals surface area contributed by atoms with Crippen molar-refractivity contribution in [1.29, 1.82) is 0 Å². The first-order valence-electron chi connectivity index (χ1n) is 8.63. The van der Waals surface area contributed by atoms with Gasteiger partial charge < -0.3 is 0 Å². The van der Waals surface area contributed by atoms with Gasteiger partial charge in [-0.05, 0) is 43.0 Å². The molecule has 1 saturated heterocycles. The lowest BCUT2D eigenvalue weighted by atomic mass is 9.88. The fourth-order valence-electron chi connectivity index (χ4n) is 3.31. The van der Waals surface area contributed by atoms with Gasteiger partial charge in [-0.1, -0.05) is 35.3 Å². The average molecular weight is 465 g/mol. The number of hydrogen-bond acceptors (Lipinski definition) is 6. The van der Waals surface area contributed by atoms with E-state index in [1.54, 1.807) is 35.7 Å². The van der Waals surface area contributed by atoms with Gasteiger partial charge in [-0.25, -0.2) is 4.98 Å². The number of anilines is 1. The van der Waals surface area contributed by atoms with Crippen LogP contribution in [-0.4, -0.2) is 22.5 Å². The normalized spacial score (nSPS) is 19.2. The van der Waals surface area contributed by atoms with Crippen LogP contribution in [0, 0.1) is 19.8 Å². The van der Waals surface area contributed by atoms with Crippen molar-refractivity contribution >= 4 is 68.5 Å². The van der Waals surface area contributed by atoms with Crippen LogP contribution >= 0.6 is 45.9 Å². The number of thiophene rings is 1. The molecule has 0 N–H and O–H groups in total. The van der Waals surface area contributed by atoms with E-state index in [0.717, 1.165) is 10.6 Å². The maximum Gasteiger partial charge on any atom is 0.297 e. The zero-order valence-electron chi connectivity index (χ0n) is 15.3. The van der Waals surface area contributed by atoms with Crippen molar-refractivity contribution < 1.29 is 14.4 Å². The van der Waals surface area contributed by atoms with Gasteiger partial charge in [0, 0.05) is 4.88 Å². The Bertz CT molecular complexity index is 1120. The third-order valence-corrected chi connectivity index (χ3v) is 7.56. The van der Waals surface area contributed by atoms with Crippen LogP contribution in [0.3, 0.4) is 0 Å². The van der Waals surface area contributed by atoms with Crippen LogP contribution < -0.4 is 4.90 Å². The van der Waals surface area contributed by atoms with Gasteiger partial charge >= 0.3 is 0 Å². The molecule has 2 aromatic heterocycles. The van der Waals surface area contributed by atoms with Crippen LogP contribution in [0.5, 0.6) is 0 Å². The molecular weight excluding hydrogens is 451 g/mol. The standard InChI is InChI=1S/C20H14Cl2N2O3S2/c1-9-10(2)29-20(23-9)24-16(11-5-6-12(21)13(22)8-11)15(18(26)19(24)27)17(25)14-4-3-7-28-14/h3-8,15-16H,1-2H3. The Hall–Kier alpha value is -2.06. The summed E-state index contributed by atoms with van der Waals surface area (Å²) in [5, 5.41) is 2.77. The van der Waals surface area contributed by atoms with Crippen molar-refractivity contribution in [2.75, 3.05) is 4.90 Å². The van der Waals surface area contributed by atoms with E-state index in [-0.39, 0.29) is 10.8 Å².